The lowest BCUT2D eigenvalue weighted by atomic mass is 10.1. The van der Waals surface area contributed by atoms with E-state index in [0.29, 0.717) is 15.9 Å². The minimum Gasteiger partial charge on any atom is -0.318 e. The molecule has 0 radical (unpaired) electrons. The van der Waals surface area contributed by atoms with Gasteiger partial charge in [-0.2, -0.15) is 15.1 Å². The molecule has 1 N–H and O–H groups in total. The van der Waals surface area contributed by atoms with Crippen molar-refractivity contribution in [1.82, 2.24) is 9.58 Å². The van der Waals surface area contributed by atoms with Crippen molar-refractivity contribution in [2.45, 2.75) is 20.8 Å². The Morgan fingerprint density at radius 2 is 1.91 bits per heavy atom. The Labute approximate surface area is 205 Å². The SMILES string of the molecule is Cc1cccc(C2=NN3C(=N)C(=Cc4cc(C)n(-c5ccc(F)c(Cl)c5)c4C)C(=O)N=C3S2)c1. The third-order valence-electron chi connectivity index (χ3n) is 5.65. The number of rotatable bonds is 3. The highest BCUT2D eigenvalue weighted by molar-refractivity contribution is 8.27. The first kappa shape index (κ1) is 22.3. The molecule has 0 fully saturated rings. The zero-order valence-corrected chi connectivity index (χ0v) is 20.1. The molecule has 2 aliphatic rings. The second-order valence-electron chi connectivity index (χ2n) is 8.05. The van der Waals surface area contributed by atoms with E-state index in [2.05, 4.69) is 10.1 Å². The van der Waals surface area contributed by atoms with Crippen molar-refractivity contribution in [2.75, 3.05) is 0 Å². The summed E-state index contributed by atoms with van der Waals surface area (Å²) in [5.74, 6) is -1.00. The summed E-state index contributed by atoms with van der Waals surface area (Å²) in [6, 6.07) is 14.3. The van der Waals surface area contributed by atoms with Crippen LogP contribution in [0.1, 0.15) is 28.1 Å². The lowest BCUT2D eigenvalue weighted by Gasteiger charge is -2.20. The van der Waals surface area contributed by atoms with Crippen molar-refractivity contribution in [3.05, 3.63) is 93.0 Å². The molecule has 0 aliphatic carbocycles. The van der Waals surface area contributed by atoms with Crippen LogP contribution >= 0.6 is 23.4 Å². The summed E-state index contributed by atoms with van der Waals surface area (Å²) in [5, 5.41) is 15.7. The number of benzene rings is 2. The predicted molar refractivity (Wildman–Crippen MR) is 136 cm³/mol. The Hall–Kier alpha value is -3.49. The topological polar surface area (TPSA) is 73.8 Å². The molecular formula is C25H19ClFN5OS. The number of amides is 1. The van der Waals surface area contributed by atoms with E-state index in [9.17, 15) is 9.18 Å². The highest BCUT2D eigenvalue weighted by atomic mass is 35.5. The molecule has 0 saturated heterocycles. The van der Waals surface area contributed by atoms with Crippen molar-refractivity contribution in [3.8, 4) is 5.69 Å². The summed E-state index contributed by atoms with van der Waals surface area (Å²) in [6.45, 7) is 5.80. The highest BCUT2D eigenvalue weighted by Crippen LogP contribution is 2.32. The van der Waals surface area contributed by atoms with Crippen molar-refractivity contribution < 1.29 is 9.18 Å². The van der Waals surface area contributed by atoms with Gasteiger partial charge in [0.05, 0.1) is 10.6 Å². The number of aromatic nitrogens is 1. The molecule has 2 aliphatic heterocycles. The lowest BCUT2D eigenvalue weighted by molar-refractivity contribution is -0.114. The molecule has 0 atom stereocenters. The molecular weight excluding hydrogens is 473 g/mol. The number of aliphatic imine (C=N–C) groups is 1. The summed E-state index contributed by atoms with van der Waals surface area (Å²) >= 11 is 7.25. The summed E-state index contributed by atoms with van der Waals surface area (Å²) in [6.07, 6.45) is 1.65. The Morgan fingerprint density at radius 1 is 1.12 bits per heavy atom. The molecule has 0 unspecified atom stereocenters. The van der Waals surface area contributed by atoms with Gasteiger partial charge in [-0.05, 0) is 74.5 Å². The number of halogens is 2. The number of fused-ring (bicyclic) bond motifs is 1. The Kier molecular flexibility index (Phi) is 5.50. The van der Waals surface area contributed by atoms with Gasteiger partial charge in [0.15, 0.2) is 5.84 Å². The second kappa shape index (κ2) is 8.38. The van der Waals surface area contributed by atoms with Crippen LogP contribution in [0.25, 0.3) is 11.8 Å². The van der Waals surface area contributed by atoms with Gasteiger partial charge in [0, 0.05) is 22.6 Å². The monoisotopic (exact) mass is 491 g/mol. The molecule has 1 aromatic heterocycles. The summed E-state index contributed by atoms with van der Waals surface area (Å²) in [5.41, 5.74) is 5.31. The maximum absolute atomic E-state index is 13.6. The van der Waals surface area contributed by atoms with Gasteiger partial charge in [0.2, 0.25) is 5.17 Å². The van der Waals surface area contributed by atoms with Crippen molar-refractivity contribution >= 4 is 51.4 Å². The van der Waals surface area contributed by atoms with Gasteiger partial charge in [-0.1, -0.05) is 35.4 Å². The van der Waals surface area contributed by atoms with Gasteiger partial charge in [-0.3, -0.25) is 10.2 Å². The number of nitrogens with zero attached hydrogens (tertiary/aromatic N) is 4. The fourth-order valence-corrected chi connectivity index (χ4v) is 5.06. The van der Waals surface area contributed by atoms with Crippen molar-refractivity contribution in [2.24, 2.45) is 10.1 Å². The second-order valence-corrected chi connectivity index (χ2v) is 9.42. The number of carbonyl (C=O) groups excluding carboxylic acids is 1. The van der Waals surface area contributed by atoms with E-state index in [1.807, 2.05) is 55.7 Å². The number of hydrogen-bond donors (Lipinski definition) is 1. The Balaban J connectivity index is 1.51. The van der Waals surface area contributed by atoms with E-state index in [1.165, 1.54) is 22.8 Å². The van der Waals surface area contributed by atoms with Gasteiger partial charge < -0.3 is 4.57 Å². The average molecular weight is 492 g/mol. The van der Waals surface area contributed by atoms with Gasteiger partial charge in [0.25, 0.3) is 5.91 Å². The average Bonchev–Trinajstić information content (AvgIpc) is 3.34. The van der Waals surface area contributed by atoms with Crippen LogP contribution in [0, 0.1) is 32.0 Å². The standard InChI is InChI=1S/C25H19ClFN5OS/c1-13-5-4-6-16(9-13)24-30-32-22(28)19(23(33)29-25(32)34-24)11-17-10-14(2)31(15(17)3)18-7-8-21(27)20(26)12-18/h4-12,28H,1-3H3. The first-order valence-electron chi connectivity index (χ1n) is 10.4. The summed E-state index contributed by atoms with van der Waals surface area (Å²) in [4.78, 5) is 17.0. The normalized spacial score (nSPS) is 16.7. The quantitative estimate of drug-likeness (QED) is 0.466. The number of nitrogens with one attached hydrogen (secondary N) is 1. The number of hydrazone groups is 1. The Bertz CT molecular complexity index is 1490. The van der Waals surface area contributed by atoms with Crippen LogP contribution in [0.5, 0.6) is 0 Å². The van der Waals surface area contributed by atoms with E-state index >= 15 is 0 Å². The van der Waals surface area contributed by atoms with Gasteiger partial charge in [-0.25, -0.2) is 4.39 Å². The molecule has 0 spiro atoms. The smallest absolute Gasteiger partial charge is 0.283 e. The van der Waals surface area contributed by atoms with Crippen molar-refractivity contribution in [1.29, 1.82) is 5.41 Å². The van der Waals surface area contributed by atoms with Crippen LogP contribution in [-0.2, 0) is 4.79 Å². The maximum Gasteiger partial charge on any atom is 0.283 e. The molecule has 2 aromatic carbocycles. The van der Waals surface area contributed by atoms with Crippen LogP contribution in [0.15, 0.2) is 64.2 Å². The number of amidine groups is 2. The van der Waals surface area contributed by atoms with E-state index in [1.54, 1.807) is 18.2 Å². The molecule has 3 heterocycles. The third kappa shape index (κ3) is 3.78. The predicted octanol–water partition coefficient (Wildman–Crippen LogP) is 5.86. The molecule has 6 nitrogen and oxygen atoms in total. The van der Waals surface area contributed by atoms with Gasteiger partial charge in [0.1, 0.15) is 10.9 Å². The summed E-state index contributed by atoms with van der Waals surface area (Å²) < 4.78 is 15.6. The largest absolute Gasteiger partial charge is 0.318 e. The zero-order chi connectivity index (χ0) is 24.1. The molecule has 3 aromatic rings. The molecule has 0 saturated carbocycles. The molecule has 170 valence electrons. The van der Waals surface area contributed by atoms with Gasteiger partial charge >= 0.3 is 0 Å². The molecule has 0 bridgehead atoms. The number of hydrogen-bond acceptors (Lipinski definition) is 4. The summed E-state index contributed by atoms with van der Waals surface area (Å²) in [7, 11) is 0. The number of aryl methyl sites for hydroxylation is 2. The van der Waals surface area contributed by atoms with Crippen molar-refractivity contribution in [3.63, 3.8) is 0 Å². The Morgan fingerprint density at radius 3 is 2.65 bits per heavy atom. The first-order chi connectivity index (χ1) is 16.2. The first-order valence-corrected chi connectivity index (χ1v) is 11.6. The fourth-order valence-electron chi connectivity index (χ4n) is 4.00. The third-order valence-corrected chi connectivity index (χ3v) is 6.90. The maximum atomic E-state index is 13.6. The van der Waals surface area contributed by atoms with Gasteiger partial charge in [-0.15, -0.1) is 0 Å². The van der Waals surface area contributed by atoms with Crippen LogP contribution in [0.2, 0.25) is 5.02 Å². The molecule has 5 rings (SSSR count). The van der Waals surface area contributed by atoms with Crippen LogP contribution in [0.3, 0.4) is 0 Å². The lowest BCUT2D eigenvalue weighted by Crippen LogP contribution is -2.35. The minimum absolute atomic E-state index is 0.0280. The van der Waals surface area contributed by atoms with Crippen LogP contribution in [0.4, 0.5) is 4.39 Å². The fraction of sp³-hybridized carbons (Fsp3) is 0.120. The number of thioether (sulfide) groups is 1. The van der Waals surface area contributed by atoms with E-state index in [4.69, 9.17) is 17.0 Å². The molecule has 1 amide bonds. The zero-order valence-electron chi connectivity index (χ0n) is 18.6. The molecule has 9 heteroatoms. The van der Waals surface area contributed by atoms with E-state index < -0.39 is 11.7 Å². The van der Waals surface area contributed by atoms with E-state index in [0.717, 1.165) is 28.1 Å². The minimum atomic E-state index is -0.487. The highest BCUT2D eigenvalue weighted by Gasteiger charge is 2.36. The van der Waals surface area contributed by atoms with Crippen LogP contribution < -0.4 is 0 Å². The molecule has 34 heavy (non-hydrogen) atoms. The van der Waals surface area contributed by atoms with Crippen LogP contribution in [-0.4, -0.2) is 31.5 Å². The number of carbonyl (C=O) groups is 1. The van der Waals surface area contributed by atoms with E-state index in [-0.39, 0.29) is 16.4 Å².